The maximum absolute atomic E-state index is 12.1. The number of Topliss-reactive ketones (excluding diaryl/α,β-unsaturated/α-hetero) is 1. The maximum Gasteiger partial charge on any atom is 0.266 e. The summed E-state index contributed by atoms with van der Waals surface area (Å²) in [7, 11) is 0. The number of H-pyrrole nitrogens is 1. The minimum atomic E-state index is -1.10. The molecule has 1 atom stereocenters. The van der Waals surface area contributed by atoms with Gasteiger partial charge in [0.1, 0.15) is 17.7 Å². The summed E-state index contributed by atoms with van der Waals surface area (Å²) >= 11 is 0. The van der Waals surface area contributed by atoms with E-state index in [1.807, 2.05) is 6.92 Å². The number of carbonyl (C=O) groups excluding carboxylic acids is 1. The summed E-state index contributed by atoms with van der Waals surface area (Å²) in [4.78, 5) is 26.2. The predicted octanol–water partition coefficient (Wildman–Crippen LogP) is 1.54. The molecule has 19 heavy (non-hydrogen) atoms. The topological polar surface area (TPSA) is 94.0 Å². The highest BCUT2D eigenvalue weighted by Crippen LogP contribution is 2.13. The zero-order valence-electron chi connectivity index (χ0n) is 11.2. The van der Waals surface area contributed by atoms with Gasteiger partial charge >= 0.3 is 0 Å². The minimum absolute atomic E-state index is 0.105. The molecular formula is C14H18N2O3. The van der Waals surface area contributed by atoms with Crippen LogP contribution in [0.2, 0.25) is 0 Å². The van der Waals surface area contributed by atoms with Gasteiger partial charge in [0.15, 0.2) is 5.78 Å². The Bertz CT molecular complexity index is 555. The molecule has 1 unspecified atom stereocenters. The van der Waals surface area contributed by atoms with E-state index in [9.17, 15) is 14.7 Å². The Morgan fingerprint density at radius 2 is 2.21 bits per heavy atom. The van der Waals surface area contributed by atoms with Crippen LogP contribution in [-0.4, -0.2) is 22.0 Å². The van der Waals surface area contributed by atoms with Crippen LogP contribution in [0.5, 0.6) is 0 Å². The first-order valence-corrected chi connectivity index (χ1v) is 6.43. The Balaban J connectivity index is 3.29. The van der Waals surface area contributed by atoms with Crippen LogP contribution in [-0.2, 0) is 6.42 Å². The van der Waals surface area contributed by atoms with Gasteiger partial charge in [-0.1, -0.05) is 20.3 Å². The summed E-state index contributed by atoms with van der Waals surface area (Å²) in [6.07, 6.45) is 1.50. The van der Waals surface area contributed by atoms with Crippen LogP contribution in [0.25, 0.3) is 0 Å². The second-order valence-corrected chi connectivity index (χ2v) is 4.41. The summed E-state index contributed by atoms with van der Waals surface area (Å²) in [5, 5.41) is 18.5. The highest BCUT2D eigenvalue weighted by atomic mass is 16.3. The average Bonchev–Trinajstić information content (AvgIpc) is 2.43. The van der Waals surface area contributed by atoms with Crippen LogP contribution in [0, 0.1) is 11.3 Å². The Morgan fingerprint density at radius 3 is 2.74 bits per heavy atom. The van der Waals surface area contributed by atoms with Gasteiger partial charge in [0, 0.05) is 11.3 Å². The van der Waals surface area contributed by atoms with E-state index in [1.54, 1.807) is 13.0 Å². The van der Waals surface area contributed by atoms with Gasteiger partial charge in [-0.3, -0.25) is 9.59 Å². The number of nitrogens with one attached hydrogen (secondary N) is 1. The summed E-state index contributed by atoms with van der Waals surface area (Å²) in [5.41, 5.74) is 0.158. The van der Waals surface area contributed by atoms with Gasteiger partial charge in [0.05, 0.1) is 0 Å². The molecule has 1 heterocycles. The van der Waals surface area contributed by atoms with E-state index in [4.69, 9.17) is 5.26 Å². The number of aliphatic hydroxyl groups is 1. The van der Waals surface area contributed by atoms with E-state index in [1.165, 1.54) is 6.07 Å². The fraction of sp³-hybridized carbons (Fsp3) is 0.500. The fourth-order valence-electron chi connectivity index (χ4n) is 1.79. The number of aliphatic hydroxyl groups excluding tert-OH is 1. The molecule has 0 saturated heterocycles. The Labute approximate surface area is 111 Å². The number of carbonyl (C=O) groups is 1. The van der Waals surface area contributed by atoms with Crippen molar-refractivity contribution in [3.8, 4) is 6.07 Å². The third kappa shape index (κ3) is 3.52. The number of hydrogen-bond donors (Lipinski definition) is 2. The predicted molar refractivity (Wildman–Crippen MR) is 71.0 cm³/mol. The molecule has 0 aliphatic heterocycles. The fourth-order valence-corrected chi connectivity index (χ4v) is 1.79. The standard InChI is InChI=1S/C14H18N2O3/c1-3-5-6-11-10(13(18)12(17)4-2)7-9(8-15)14(19)16-11/h7,12,17H,3-6H2,1-2H3,(H,16,19). The number of nitriles is 1. The van der Waals surface area contributed by atoms with Crippen molar-refractivity contribution in [1.82, 2.24) is 4.98 Å². The van der Waals surface area contributed by atoms with E-state index in [2.05, 4.69) is 4.98 Å². The number of aryl methyl sites for hydroxylation is 1. The van der Waals surface area contributed by atoms with E-state index >= 15 is 0 Å². The molecular weight excluding hydrogens is 244 g/mol. The number of aromatic amines is 1. The van der Waals surface area contributed by atoms with Crippen molar-refractivity contribution < 1.29 is 9.90 Å². The third-order valence-corrected chi connectivity index (χ3v) is 2.98. The molecule has 0 amide bonds. The SMILES string of the molecule is CCCCc1[nH]c(=O)c(C#N)cc1C(=O)C(O)CC. The quantitative estimate of drug-likeness (QED) is 0.760. The normalized spacial score (nSPS) is 11.9. The number of aromatic nitrogens is 1. The smallest absolute Gasteiger partial charge is 0.266 e. The van der Waals surface area contributed by atoms with Gasteiger partial charge in [-0.15, -0.1) is 0 Å². The first-order valence-electron chi connectivity index (χ1n) is 6.43. The Morgan fingerprint density at radius 1 is 1.53 bits per heavy atom. The molecule has 1 aromatic heterocycles. The molecule has 102 valence electrons. The number of rotatable bonds is 6. The summed E-state index contributed by atoms with van der Waals surface area (Å²) in [5.74, 6) is -0.443. The Hall–Kier alpha value is -1.93. The molecule has 0 spiro atoms. The molecule has 5 nitrogen and oxygen atoms in total. The van der Waals surface area contributed by atoms with Gasteiger partial charge in [-0.05, 0) is 25.3 Å². The van der Waals surface area contributed by atoms with E-state index in [-0.39, 0.29) is 11.1 Å². The molecule has 0 aliphatic carbocycles. The highest BCUT2D eigenvalue weighted by molar-refractivity contribution is 6.00. The van der Waals surface area contributed by atoms with Crippen LogP contribution in [0.15, 0.2) is 10.9 Å². The van der Waals surface area contributed by atoms with Crippen molar-refractivity contribution >= 4 is 5.78 Å². The van der Waals surface area contributed by atoms with Crippen molar-refractivity contribution in [2.24, 2.45) is 0 Å². The molecule has 0 radical (unpaired) electrons. The Kier molecular flexibility index (Phi) is 5.46. The molecule has 0 bridgehead atoms. The van der Waals surface area contributed by atoms with Crippen LogP contribution in [0.4, 0.5) is 0 Å². The van der Waals surface area contributed by atoms with Crippen LogP contribution in [0.3, 0.4) is 0 Å². The second kappa shape index (κ2) is 6.86. The molecule has 0 aromatic carbocycles. The summed E-state index contributed by atoms with van der Waals surface area (Å²) in [6, 6.07) is 3.04. The highest BCUT2D eigenvalue weighted by Gasteiger charge is 2.20. The lowest BCUT2D eigenvalue weighted by molar-refractivity contribution is 0.0739. The second-order valence-electron chi connectivity index (χ2n) is 4.41. The van der Waals surface area contributed by atoms with Crippen molar-refractivity contribution in [2.45, 2.75) is 45.6 Å². The maximum atomic E-state index is 12.1. The summed E-state index contributed by atoms with van der Waals surface area (Å²) < 4.78 is 0. The van der Waals surface area contributed by atoms with Gasteiger partial charge in [-0.2, -0.15) is 5.26 Å². The van der Waals surface area contributed by atoms with E-state index < -0.39 is 17.4 Å². The monoisotopic (exact) mass is 262 g/mol. The number of nitrogens with zero attached hydrogens (tertiary/aromatic N) is 1. The lowest BCUT2D eigenvalue weighted by atomic mass is 9.98. The molecule has 0 fully saturated rings. The molecule has 1 rings (SSSR count). The van der Waals surface area contributed by atoms with E-state index in [0.717, 1.165) is 12.8 Å². The zero-order chi connectivity index (χ0) is 14.4. The van der Waals surface area contributed by atoms with Crippen molar-refractivity contribution in [3.63, 3.8) is 0 Å². The molecule has 2 N–H and O–H groups in total. The van der Waals surface area contributed by atoms with Crippen LogP contribution >= 0.6 is 0 Å². The number of hydrogen-bond acceptors (Lipinski definition) is 4. The number of ketones is 1. The number of unbranched alkanes of at least 4 members (excludes halogenated alkanes) is 1. The average molecular weight is 262 g/mol. The first kappa shape index (κ1) is 15.1. The van der Waals surface area contributed by atoms with Gasteiger partial charge in [-0.25, -0.2) is 0 Å². The van der Waals surface area contributed by atoms with Crippen LogP contribution < -0.4 is 5.56 Å². The zero-order valence-corrected chi connectivity index (χ0v) is 11.2. The van der Waals surface area contributed by atoms with Crippen molar-refractivity contribution in [2.75, 3.05) is 0 Å². The summed E-state index contributed by atoms with van der Waals surface area (Å²) in [6.45, 7) is 3.70. The van der Waals surface area contributed by atoms with Gasteiger partial charge in [0.25, 0.3) is 5.56 Å². The van der Waals surface area contributed by atoms with E-state index in [0.29, 0.717) is 18.5 Å². The minimum Gasteiger partial charge on any atom is -0.385 e. The van der Waals surface area contributed by atoms with Gasteiger partial charge < -0.3 is 10.1 Å². The first-order chi connectivity index (χ1) is 9.04. The molecule has 0 saturated carbocycles. The lowest BCUT2D eigenvalue weighted by Crippen LogP contribution is -2.24. The largest absolute Gasteiger partial charge is 0.385 e. The third-order valence-electron chi connectivity index (χ3n) is 2.98. The number of pyridine rings is 1. The molecule has 0 aliphatic rings. The van der Waals surface area contributed by atoms with Crippen molar-refractivity contribution in [1.29, 1.82) is 5.26 Å². The molecule has 1 aromatic rings. The van der Waals surface area contributed by atoms with Crippen LogP contribution in [0.1, 0.15) is 54.7 Å². The van der Waals surface area contributed by atoms with Gasteiger partial charge in [0.2, 0.25) is 0 Å². The van der Waals surface area contributed by atoms with Crippen molar-refractivity contribution in [3.05, 3.63) is 33.2 Å². The lowest BCUT2D eigenvalue weighted by Gasteiger charge is -2.11. The molecule has 5 heteroatoms.